The lowest BCUT2D eigenvalue weighted by Crippen LogP contribution is -2.21. The highest BCUT2D eigenvalue weighted by atomic mass is 32.1. The van der Waals surface area contributed by atoms with E-state index in [1.54, 1.807) is 17.5 Å². The molecule has 2 aromatic carbocycles. The molecule has 0 saturated carbocycles. The van der Waals surface area contributed by atoms with Crippen LogP contribution in [0.2, 0.25) is 0 Å². The third kappa shape index (κ3) is 6.30. The maximum absolute atomic E-state index is 12.2. The first-order chi connectivity index (χ1) is 15.5. The molecule has 2 heterocycles. The minimum Gasteiger partial charge on any atom is -0.475 e. The summed E-state index contributed by atoms with van der Waals surface area (Å²) in [5, 5.41) is 19.6. The van der Waals surface area contributed by atoms with Gasteiger partial charge in [0.2, 0.25) is 5.91 Å². The summed E-state index contributed by atoms with van der Waals surface area (Å²) in [5.41, 5.74) is 2.85. The van der Waals surface area contributed by atoms with Crippen molar-refractivity contribution in [3.05, 3.63) is 48.7 Å². The number of H-pyrrole nitrogens is 1. The lowest BCUT2D eigenvalue weighted by molar-refractivity contribution is -0.192. The Bertz CT molecular complexity index is 1250. The van der Waals surface area contributed by atoms with Gasteiger partial charge in [-0.25, -0.2) is 4.79 Å². The predicted molar refractivity (Wildman–Crippen MR) is 122 cm³/mol. The normalized spacial score (nSPS) is 11.5. The standard InChI is InChI=1S/C20H20N4OS.C2HF3O2/c1-24(2)8-7-19(25)22-15-9-14-12-21-23-20(14)16(11-15)18-10-13-5-3-4-6-17(13)26-18;3-2(4,5)1(6)7/h3-6,9-12H,7-8H2,1-2H3,(H,21,23)(H,22,25);(H,6,7). The number of carbonyl (C=O) groups is 2. The van der Waals surface area contributed by atoms with Gasteiger partial charge in [-0.1, -0.05) is 18.2 Å². The fourth-order valence-electron chi connectivity index (χ4n) is 2.99. The molecule has 4 aromatic rings. The first kappa shape index (κ1) is 24.2. The molecule has 0 fully saturated rings. The van der Waals surface area contributed by atoms with Gasteiger partial charge in [-0.15, -0.1) is 11.3 Å². The molecule has 7 nitrogen and oxygen atoms in total. The Labute approximate surface area is 190 Å². The zero-order valence-corrected chi connectivity index (χ0v) is 18.5. The second-order valence-electron chi connectivity index (χ2n) is 7.41. The van der Waals surface area contributed by atoms with Crippen molar-refractivity contribution >= 4 is 49.9 Å². The largest absolute Gasteiger partial charge is 0.490 e. The fraction of sp³-hybridized carbons (Fsp3) is 0.227. The van der Waals surface area contributed by atoms with E-state index >= 15 is 0 Å². The maximum atomic E-state index is 12.2. The summed E-state index contributed by atoms with van der Waals surface area (Å²) in [6, 6.07) is 14.5. The molecular weight excluding hydrogens is 457 g/mol. The first-order valence-electron chi connectivity index (χ1n) is 9.75. The summed E-state index contributed by atoms with van der Waals surface area (Å²) < 4.78 is 33.0. The molecule has 1 amide bonds. The number of carbonyl (C=O) groups excluding carboxylic acids is 1. The first-order valence-corrected chi connectivity index (χ1v) is 10.6. The highest BCUT2D eigenvalue weighted by molar-refractivity contribution is 7.22. The summed E-state index contributed by atoms with van der Waals surface area (Å²) >= 11 is 1.74. The number of fused-ring (bicyclic) bond motifs is 2. The van der Waals surface area contributed by atoms with Gasteiger partial charge in [-0.05, 0) is 43.7 Å². The highest BCUT2D eigenvalue weighted by Gasteiger charge is 2.38. The van der Waals surface area contributed by atoms with Crippen LogP contribution in [0.15, 0.2) is 48.7 Å². The van der Waals surface area contributed by atoms with Crippen LogP contribution in [0.1, 0.15) is 6.42 Å². The van der Waals surface area contributed by atoms with Crippen molar-refractivity contribution in [2.75, 3.05) is 26.0 Å². The number of nitrogens with one attached hydrogen (secondary N) is 2. The molecule has 0 radical (unpaired) electrons. The van der Waals surface area contributed by atoms with E-state index in [2.05, 4.69) is 39.8 Å². The van der Waals surface area contributed by atoms with Crippen molar-refractivity contribution in [3.8, 4) is 10.4 Å². The molecule has 0 saturated heterocycles. The Morgan fingerprint density at radius 1 is 1.15 bits per heavy atom. The topological polar surface area (TPSA) is 98.3 Å². The van der Waals surface area contributed by atoms with E-state index in [9.17, 15) is 18.0 Å². The number of carboxylic acids is 1. The third-order valence-corrected chi connectivity index (χ3v) is 5.70. The summed E-state index contributed by atoms with van der Waals surface area (Å²) in [4.78, 5) is 24.3. The van der Waals surface area contributed by atoms with Gasteiger partial charge in [0, 0.05) is 39.2 Å². The van der Waals surface area contributed by atoms with Crippen molar-refractivity contribution in [2.45, 2.75) is 12.6 Å². The number of nitrogens with zero attached hydrogens (tertiary/aromatic N) is 2. The van der Waals surface area contributed by atoms with Crippen molar-refractivity contribution in [1.29, 1.82) is 0 Å². The van der Waals surface area contributed by atoms with Crippen LogP contribution in [0.25, 0.3) is 31.4 Å². The number of hydrogen-bond donors (Lipinski definition) is 3. The molecule has 0 aliphatic carbocycles. The van der Waals surface area contributed by atoms with Gasteiger partial charge in [0.05, 0.1) is 11.7 Å². The number of aliphatic carboxylic acids is 1. The van der Waals surface area contributed by atoms with Gasteiger partial charge in [0.1, 0.15) is 0 Å². The van der Waals surface area contributed by atoms with Gasteiger partial charge < -0.3 is 15.3 Å². The number of hydrogen-bond acceptors (Lipinski definition) is 5. The minimum absolute atomic E-state index is 0.0174. The molecule has 0 aliphatic heterocycles. The Morgan fingerprint density at radius 2 is 1.85 bits per heavy atom. The lowest BCUT2D eigenvalue weighted by Gasteiger charge is -2.11. The third-order valence-electron chi connectivity index (χ3n) is 4.55. The van der Waals surface area contributed by atoms with Crippen LogP contribution in [0.4, 0.5) is 18.9 Å². The number of rotatable bonds is 5. The molecule has 0 atom stereocenters. The fourth-order valence-corrected chi connectivity index (χ4v) is 4.07. The van der Waals surface area contributed by atoms with E-state index in [4.69, 9.17) is 9.90 Å². The Morgan fingerprint density at radius 3 is 2.48 bits per heavy atom. The number of aromatic amines is 1. The number of halogens is 3. The number of aromatic nitrogens is 2. The van der Waals surface area contributed by atoms with E-state index < -0.39 is 12.1 Å². The van der Waals surface area contributed by atoms with Crippen molar-refractivity contribution < 1.29 is 27.9 Å². The van der Waals surface area contributed by atoms with Crippen molar-refractivity contribution in [3.63, 3.8) is 0 Å². The van der Waals surface area contributed by atoms with E-state index in [0.29, 0.717) is 6.42 Å². The SMILES string of the molecule is CN(C)CCC(=O)Nc1cc(-c2cc3ccccc3s2)c2[nH]ncc2c1.O=C(O)C(F)(F)F. The van der Waals surface area contributed by atoms with Gasteiger partial charge in [0.25, 0.3) is 0 Å². The molecule has 11 heteroatoms. The average Bonchev–Trinajstić information content (AvgIpc) is 3.38. The van der Waals surface area contributed by atoms with Crippen LogP contribution in [-0.2, 0) is 9.59 Å². The number of benzene rings is 2. The molecule has 2 aromatic heterocycles. The van der Waals surface area contributed by atoms with Crippen molar-refractivity contribution in [2.24, 2.45) is 0 Å². The van der Waals surface area contributed by atoms with E-state index in [1.807, 2.05) is 37.2 Å². The number of thiophene rings is 1. The van der Waals surface area contributed by atoms with Crippen LogP contribution in [0.5, 0.6) is 0 Å². The Kier molecular flexibility index (Phi) is 7.34. The zero-order valence-electron chi connectivity index (χ0n) is 17.7. The second-order valence-corrected chi connectivity index (χ2v) is 8.49. The van der Waals surface area contributed by atoms with Crippen molar-refractivity contribution in [1.82, 2.24) is 15.1 Å². The minimum atomic E-state index is -5.08. The van der Waals surface area contributed by atoms with Crippen LogP contribution in [0, 0.1) is 0 Å². The molecule has 0 aliphatic rings. The summed E-state index contributed by atoms with van der Waals surface area (Å²) in [6.45, 7) is 0.725. The maximum Gasteiger partial charge on any atom is 0.490 e. The molecular formula is C22H21F3N4O3S. The van der Waals surface area contributed by atoms with E-state index in [0.717, 1.165) is 33.6 Å². The van der Waals surface area contributed by atoms with E-state index in [1.165, 1.54) is 10.1 Å². The smallest absolute Gasteiger partial charge is 0.475 e. The number of anilines is 1. The van der Waals surface area contributed by atoms with Crippen LogP contribution >= 0.6 is 11.3 Å². The number of alkyl halides is 3. The molecule has 33 heavy (non-hydrogen) atoms. The molecule has 4 rings (SSSR count). The van der Waals surface area contributed by atoms with Gasteiger partial charge in [0.15, 0.2) is 0 Å². The second kappa shape index (κ2) is 10.0. The summed E-state index contributed by atoms with van der Waals surface area (Å²) in [5.74, 6) is -2.74. The van der Waals surface area contributed by atoms with Gasteiger partial charge in [-0.2, -0.15) is 18.3 Å². The number of carboxylic acid groups (broad SMARTS) is 1. The summed E-state index contributed by atoms with van der Waals surface area (Å²) in [6.07, 6.45) is -2.82. The Balaban J connectivity index is 0.000000383. The molecule has 0 bridgehead atoms. The molecule has 0 unspecified atom stereocenters. The highest BCUT2D eigenvalue weighted by Crippen LogP contribution is 2.38. The van der Waals surface area contributed by atoms with Crippen LogP contribution in [0.3, 0.4) is 0 Å². The molecule has 0 spiro atoms. The molecule has 174 valence electrons. The van der Waals surface area contributed by atoms with Crippen LogP contribution in [-0.4, -0.2) is 58.9 Å². The monoisotopic (exact) mass is 478 g/mol. The summed E-state index contributed by atoms with van der Waals surface area (Å²) in [7, 11) is 3.93. The lowest BCUT2D eigenvalue weighted by atomic mass is 10.1. The predicted octanol–water partition coefficient (Wildman–Crippen LogP) is 4.97. The van der Waals surface area contributed by atoms with Crippen LogP contribution < -0.4 is 5.32 Å². The average molecular weight is 478 g/mol. The Hall–Kier alpha value is -3.44. The van der Waals surface area contributed by atoms with Gasteiger partial charge >= 0.3 is 12.1 Å². The quantitative estimate of drug-likeness (QED) is 0.376. The molecule has 3 N–H and O–H groups in total. The number of amides is 1. The van der Waals surface area contributed by atoms with E-state index in [-0.39, 0.29) is 5.91 Å². The zero-order chi connectivity index (χ0) is 24.2. The van der Waals surface area contributed by atoms with Gasteiger partial charge in [-0.3, -0.25) is 9.89 Å².